The topological polar surface area (TPSA) is 43.1 Å². The van der Waals surface area contributed by atoms with Gasteiger partial charge in [0.25, 0.3) is 0 Å². The maximum absolute atomic E-state index is 11.4. The molecule has 1 heterocycles. The van der Waals surface area contributed by atoms with E-state index in [4.69, 9.17) is 4.42 Å². The summed E-state index contributed by atoms with van der Waals surface area (Å²) < 4.78 is 5.57. The molecule has 0 spiro atoms. The Balaban J connectivity index is 2.45. The monoisotopic (exact) mass is 277 g/mol. The first kappa shape index (κ1) is 14.1. The van der Waals surface area contributed by atoms with Crippen LogP contribution in [0.25, 0.3) is 11.1 Å². The van der Waals surface area contributed by atoms with Gasteiger partial charge in [0.15, 0.2) is 10.7 Å². The van der Waals surface area contributed by atoms with Gasteiger partial charge < -0.3 is 4.42 Å². The van der Waals surface area contributed by atoms with Crippen LogP contribution in [0.1, 0.15) is 40.5 Å². The molecule has 4 heteroatoms. The van der Waals surface area contributed by atoms with E-state index < -0.39 is 0 Å². The molecule has 3 nitrogen and oxygen atoms in total. The van der Waals surface area contributed by atoms with Crippen LogP contribution >= 0.6 is 11.8 Å². The molecule has 0 N–H and O–H groups in total. The molecule has 0 fully saturated rings. The Morgan fingerprint density at radius 3 is 2.42 bits per heavy atom. The smallest absolute Gasteiger partial charge is 0.202 e. The van der Waals surface area contributed by atoms with Gasteiger partial charge in [-0.3, -0.25) is 4.79 Å². The highest BCUT2D eigenvalue weighted by Crippen LogP contribution is 2.44. The lowest BCUT2D eigenvalue weighted by atomic mass is 9.80. The van der Waals surface area contributed by atoms with Gasteiger partial charge in [0, 0.05) is 11.7 Å². The molecule has 0 saturated carbocycles. The van der Waals surface area contributed by atoms with E-state index in [0.29, 0.717) is 5.89 Å². The van der Waals surface area contributed by atoms with Gasteiger partial charge in [-0.25, -0.2) is 4.98 Å². The quantitative estimate of drug-likeness (QED) is 0.844. The maximum Gasteiger partial charge on any atom is 0.202 e. The molecule has 0 bridgehead atoms. The van der Waals surface area contributed by atoms with Gasteiger partial charge in [0.1, 0.15) is 5.52 Å². The predicted octanol–water partition coefficient (Wildman–Crippen LogP) is 4.16. The summed E-state index contributed by atoms with van der Waals surface area (Å²) in [5.41, 5.74) is 1.30. The fraction of sp³-hybridized carbons (Fsp3) is 0.467. The molecule has 2 aromatic rings. The first-order chi connectivity index (χ1) is 8.74. The standard InChI is InChI=1S/C15H19NO2S/c1-10(17)19-15(4,5)14(2,3)13-16-11-8-6-7-9-12(11)18-13/h6-9H,1-5H3. The van der Waals surface area contributed by atoms with Crippen molar-refractivity contribution in [3.8, 4) is 0 Å². The van der Waals surface area contributed by atoms with Crippen molar-refractivity contribution in [1.29, 1.82) is 0 Å². The summed E-state index contributed by atoms with van der Waals surface area (Å²) in [7, 11) is 0. The van der Waals surface area contributed by atoms with Crippen molar-refractivity contribution < 1.29 is 9.21 Å². The average molecular weight is 277 g/mol. The van der Waals surface area contributed by atoms with Crippen LogP contribution in [0.4, 0.5) is 0 Å². The van der Waals surface area contributed by atoms with Crippen molar-refractivity contribution in [3.05, 3.63) is 30.2 Å². The summed E-state index contributed by atoms with van der Waals surface area (Å²) in [6.45, 7) is 9.82. The number of carbonyl (C=O) groups is 1. The van der Waals surface area contributed by atoms with Crippen LogP contribution in [-0.4, -0.2) is 14.8 Å². The number of oxazole rings is 1. The van der Waals surface area contributed by atoms with E-state index in [1.54, 1.807) is 6.92 Å². The fourth-order valence-corrected chi connectivity index (χ4v) is 2.95. The van der Waals surface area contributed by atoms with Gasteiger partial charge >= 0.3 is 0 Å². The second-order valence-electron chi connectivity index (χ2n) is 5.72. The Kier molecular flexibility index (Phi) is 3.47. The van der Waals surface area contributed by atoms with Crippen molar-refractivity contribution in [2.75, 3.05) is 0 Å². The molecule has 1 aromatic carbocycles. The summed E-state index contributed by atoms with van der Waals surface area (Å²) in [6, 6.07) is 7.72. The van der Waals surface area contributed by atoms with E-state index in [-0.39, 0.29) is 15.3 Å². The van der Waals surface area contributed by atoms with Crippen LogP contribution in [0.3, 0.4) is 0 Å². The zero-order chi connectivity index (χ0) is 14.3. The minimum atomic E-state index is -0.345. The Morgan fingerprint density at radius 2 is 1.84 bits per heavy atom. The molecule has 102 valence electrons. The molecule has 0 aliphatic heterocycles. The first-order valence-electron chi connectivity index (χ1n) is 6.30. The molecule has 0 amide bonds. The second kappa shape index (κ2) is 4.67. The van der Waals surface area contributed by atoms with Crippen molar-refractivity contribution in [3.63, 3.8) is 0 Å². The minimum Gasteiger partial charge on any atom is -0.440 e. The Labute approximate surface area is 117 Å². The molecule has 0 atom stereocenters. The van der Waals surface area contributed by atoms with E-state index in [9.17, 15) is 4.79 Å². The third kappa shape index (κ3) is 2.54. The van der Waals surface area contributed by atoms with Crippen LogP contribution < -0.4 is 0 Å². The fourth-order valence-electron chi connectivity index (χ4n) is 1.88. The molecule has 0 unspecified atom stereocenters. The van der Waals surface area contributed by atoms with Crippen molar-refractivity contribution in [2.24, 2.45) is 0 Å². The van der Waals surface area contributed by atoms with Crippen LogP contribution in [0.2, 0.25) is 0 Å². The lowest BCUT2D eigenvalue weighted by Gasteiger charge is -2.37. The number of benzene rings is 1. The molecule has 0 aliphatic carbocycles. The molecule has 19 heavy (non-hydrogen) atoms. The predicted molar refractivity (Wildman–Crippen MR) is 79.4 cm³/mol. The summed E-state index contributed by atoms with van der Waals surface area (Å²) >= 11 is 1.33. The summed E-state index contributed by atoms with van der Waals surface area (Å²) in [6.07, 6.45) is 0. The van der Waals surface area contributed by atoms with Gasteiger partial charge in [-0.15, -0.1) is 0 Å². The number of rotatable bonds is 3. The lowest BCUT2D eigenvalue weighted by molar-refractivity contribution is -0.109. The van der Waals surface area contributed by atoms with Crippen LogP contribution in [0.5, 0.6) is 0 Å². The van der Waals surface area contributed by atoms with Crippen molar-refractivity contribution in [2.45, 2.75) is 44.8 Å². The Bertz CT molecular complexity index is 580. The molecule has 0 radical (unpaired) electrons. The maximum atomic E-state index is 11.4. The number of thioether (sulfide) groups is 1. The minimum absolute atomic E-state index is 0.106. The lowest BCUT2D eigenvalue weighted by Crippen LogP contribution is -2.41. The summed E-state index contributed by atoms with van der Waals surface area (Å²) in [5, 5.41) is 0.106. The largest absolute Gasteiger partial charge is 0.440 e. The number of hydrogen-bond donors (Lipinski definition) is 0. The highest BCUT2D eigenvalue weighted by atomic mass is 32.2. The van der Waals surface area contributed by atoms with Crippen molar-refractivity contribution in [1.82, 2.24) is 4.98 Å². The first-order valence-corrected chi connectivity index (χ1v) is 7.11. The highest BCUT2D eigenvalue weighted by molar-refractivity contribution is 8.14. The number of aromatic nitrogens is 1. The molecular weight excluding hydrogens is 258 g/mol. The number of para-hydroxylation sites is 2. The van der Waals surface area contributed by atoms with Crippen LogP contribution in [0.15, 0.2) is 28.7 Å². The van der Waals surface area contributed by atoms with Crippen molar-refractivity contribution >= 4 is 28.0 Å². The van der Waals surface area contributed by atoms with E-state index >= 15 is 0 Å². The average Bonchev–Trinajstić information content (AvgIpc) is 2.70. The number of hydrogen-bond acceptors (Lipinski definition) is 4. The second-order valence-corrected chi connectivity index (χ2v) is 7.52. The number of fused-ring (bicyclic) bond motifs is 1. The third-order valence-electron chi connectivity index (χ3n) is 3.73. The third-order valence-corrected chi connectivity index (χ3v) is 5.04. The molecule has 2 rings (SSSR count). The van der Waals surface area contributed by atoms with Gasteiger partial charge in [-0.2, -0.15) is 0 Å². The summed E-state index contributed by atoms with van der Waals surface area (Å²) in [5.74, 6) is 0.674. The van der Waals surface area contributed by atoms with Gasteiger partial charge in [-0.1, -0.05) is 23.9 Å². The zero-order valence-electron chi connectivity index (χ0n) is 12.0. The van der Waals surface area contributed by atoms with E-state index in [2.05, 4.69) is 18.8 Å². The van der Waals surface area contributed by atoms with Gasteiger partial charge in [0.05, 0.1) is 5.41 Å². The highest BCUT2D eigenvalue weighted by Gasteiger charge is 2.43. The number of carbonyl (C=O) groups excluding carboxylic acids is 1. The van der Waals surface area contributed by atoms with Crippen LogP contribution in [0, 0.1) is 0 Å². The molecule has 0 saturated heterocycles. The molecule has 1 aromatic heterocycles. The SMILES string of the molecule is CC(=O)SC(C)(C)C(C)(C)c1nc2ccccc2o1. The van der Waals surface area contributed by atoms with E-state index in [1.165, 1.54) is 11.8 Å². The Hall–Kier alpha value is -1.29. The molecule has 0 aliphatic rings. The Morgan fingerprint density at radius 1 is 1.21 bits per heavy atom. The zero-order valence-corrected chi connectivity index (χ0v) is 12.8. The van der Waals surface area contributed by atoms with Gasteiger partial charge in [0.2, 0.25) is 5.89 Å². The van der Waals surface area contributed by atoms with E-state index in [1.807, 2.05) is 38.1 Å². The molecular formula is C15H19NO2S. The number of nitrogens with zero attached hydrogens (tertiary/aromatic N) is 1. The van der Waals surface area contributed by atoms with E-state index in [0.717, 1.165) is 11.1 Å². The summed E-state index contributed by atoms with van der Waals surface area (Å²) in [4.78, 5) is 16.0. The van der Waals surface area contributed by atoms with Crippen LogP contribution in [-0.2, 0) is 10.2 Å². The normalized spacial score (nSPS) is 12.9. The van der Waals surface area contributed by atoms with Gasteiger partial charge in [-0.05, 0) is 39.8 Å².